The van der Waals surface area contributed by atoms with E-state index in [-0.39, 0.29) is 17.1 Å². The molecular weight excluding hydrogens is 433 g/mol. The summed E-state index contributed by atoms with van der Waals surface area (Å²) in [5, 5.41) is 5.96. The number of amides is 1. The molecule has 4 rings (SSSR count). The van der Waals surface area contributed by atoms with Gasteiger partial charge < -0.3 is 10.3 Å². The number of hydrogen-bond acceptors (Lipinski definition) is 3. The van der Waals surface area contributed by atoms with Gasteiger partial charge in [0.2, 0.25) is 5.96 Å². The van der Waals surface area contributed by atoms with Crippen molar-refractivity contribution in [3.05, 3.63) is 94.2 Å². The fourth-order valence-electron chi connectivity index (χ4n) is 3.63. The van der Waals surface area contributed by atoms with Crippen molar-refractivity contribution in [2.75, 3.05) is 5.32 Å². The van der Waals surface area contributed by atoms with Crippen molar-refractivity contribution in [2.45, 2.75) is 26.2 Å². The normalized spacial score (nSPS) is 12.1. The van der Waals surface area contributed by atoms with Crippen LogP contribution in [-0.2, 0) is 12.5 Å². The number of carbonyl (C=O) groups is 1. The number of rotatable bonds is 3. The zero-order chi connectivity index (χ0) is 24.5. The predicted octanol–water partition coefficient (Wildman–Crippen LogP) is 4.83. The molecule has 0 aliphatic rings. The summed E-state index contributed by atoms with van der Waals surface area (Å²) in [6, 6.07) is 18.4. The lowest BCUT2D eigenvalue weighted by molar-refractivity contribution is 0.0977. The van der Waals surface area contributed by atoms with Crippen LogP contribution in [0.3, 0.4) is 0 Å². The van der Waals surface area contributed by atoms with Crippen LogP contribution in [0.2, 0.25) is 0 Å². The van der Waals surface area contributed by atoms with E-state index in [0.717, 1.165) is 5.56 Å². The first-order valence-corrected chi connectivity index (χ1v) is 10.8. The number of aliphatic imine (C=N–C) groups is 1. The highest BCUT2D eigenvalue weighted by Crippen LogP contribution is 2.31. The Morgan fingerprint density at radius 2 is 1.74 bits per heavy atom. The van der Waals surface area contributed by atoms with Gasteiger partial charge in [0, 0.05) is 18.3 Å². The maximum atomic E-state index is 13.3. The molecule has 4 aromatic rings. The summed E-state index contributed by atoms with van der Waals surface area (Å²) in [4.78, 5) is 32.4. The molecule has 0 aliphatic heterocycles. The fourth-order valence-corrected chi connectivity index (χ4v) is 3.63. The molecule has 174 valence electrons. The Morgan fingerprint density at radius 1 is 1.03 bits per heavy atom. The van der Waals surface area contributed by atoms with Gasteiger partial charge >= 0.3 is 5.69 Å². The van der Waals surface area contributed by atoms with Crippen molar-refractivity contribution in [1.29, 1.82) is 0 Å². The van der Waals surface area contributed by atoms with Crippen LogP contribution in [0.4, 0.5) is 15.8 Å². The van der Waals surface area contributed by atoms with Crippen molar-refractivity contribution in [1.82, 2.24) is 14.9 Å². The van der Waals surface area contributed by atoms with Gasteiger partial charge in [-0.1, -0.05) is 39.0 Å². The largest absolute Gasteiger partial charge is 0.326 e. The summed E-state index contributed by atoms with van der Waals surface area (Å²) >= 11 is 0. The number of aromatic amines is 1. The number of aromatic nitrogens is 2. The van der Waals surface area contributed by atoms with Gasteiger partial charge in [-0.2, -0.15) is 0 Å². The minimum absolute atomic E-state index is 0.172. The summed E-state index contributed by atoms with van der Waals surface area (Å²) in [7, 11) is 1.68. The molecule has 7 nitrogen and oxygen atoms in total. The Balaban J connectivity index is 1.74. The van der Waals surface area contributed by atoms with Crippen molar-refractivity contribution in [2.24, 2.45) is 12.0 Å². The molecular formula is C26H26FN5O2. The molecule has 0 radical (unpaired) electrons. The second-order valence-electron chi connectivity index (χ2n) is 9.03. The molecule has 0 fully saturated rings. The number of carbonyl (C=O) groups excluding carboxylic acids is 1. The Kier molecular flexibility index (Phi) is 6.06. The van der Waals surface area contributed by atoms with Gasteiger partial charge in [0.25, 0.3) is 5.91 Å². The molecule has 1 aromatic heterocycles. The van der Waals surface area contributed by atoms with Gasteiger partial charge in [0.05, 0.1) is 16.7 Å². The van der Waals surface area contributed by atoms with Gasteiger partial charge in [-0.05, 0) is 59.5 Å². The number of aryl methyl sites for hydroxylation is 1. The monoisotopic (exact) mass is 459 g/mol. The van der Waals surface area contributed by atoms with Gasteiger partial charge in [-0.15, -0.1) is 0 Å². The molecule has 0 bridgehead atoms. The summed E-state index contributed by atoms with van der Waals surface area (Å²) in [5.41, 5.74) is 3.65. The van der Waals surface area contributed by atoms with Crippen LogP contribution in [0.5, 0.6) is 0 Å². The third-order valence-corrected chi connectivity index (χ3v) is 5.45. The van der Waals surface area contributed by atoms with Gasteiger partial charge in [-0.25, -0.2) is 14.2 Å². The first-order chi connectivity index (χ1) is 16.1. The molecule has 0 spiro atoms. The maximum Gasteiger partial charge on any atom is 0.326 e. The number of anilines is 1. The van der Waals surface area contributed by atoms with Crippen molar-refractivity contribution in [3.8, 4) is 0 Å². The average Bonchev–Trinajstić information content (AvgIpc) is 3.07. The quantitative estimate of drug-likeness (QED) is 0.303. The van der Waals surface area contributed by atoms with Crippen LogP contribution in [0, 0.1) is 5.82 Å². The van der Waals surface area contributed by atoms with E-state index in [2.05, 4.69) is 36.4 Å². The summed E-state index contributed by atoms with van der Waals surface area (Å²) in [6.07, 6.45) is 0. The lowest BCUT2D eigenvalue weighted by Gasteiger charge is -2.21. The Hall–Kier alpha value is -4.20. The highest BCUT2D eigenvalue weighted by atomic mass is 19.1. The molecule has 3 N–H and O–H groups in total. The molecule has 0 atom stereocenters. The average molecular weight is 460 g/mol. The van der Waals surface area contributed by atoms with Crippen LogP contribution >= 0.6 is 0 Å². The summed E-state index contributed by atoms with van der Waals surface area (Å²) < 4.78 is 14.8. The van der Waals surface area contributed by atoms with E-state index in [9.17, 15) is 14.0 Å². The van der Waals surface area contributed by atoms with Crippen LogP contribution in [0.1, 0.15) is 36.7 Å². The lowest BCUT2D eigenvalue weighted by atomic mass is 9.86. The second-order valence-corrected chi connectivity index (χ2v) is 9.03. The molecule has 3 aromatic carbocycles. The number of hydrogen-bond donors (Lipinski definition) is 3. The standard InChI is InChI=1S/C26H26FN5O2/c1-26(2,3)19-7-5-6-8-20(19)29-24(31-23(33)16-9-11-17(27)12-10-16)28-18-13-14-21-22(15-18)32(4)25(34)30-21/h5-15H,1-4H3,(H,30,34)(H2,28,29,31,33). The van der Waals surface area contributed by atoms with Crippen LogP contribution in [0.15, 0.2) is 76.5 Å². The zero-order valence-corrected chi connectivity index (χ0v) is 19.4. The van der Waals surface area contributed by atoms with E-state index < -0.39 is 11.7 Å². The van der Waals surface area contributed by atoms with Gasteiger partial charge in [-0.3, -0.25) is 14.7 Å². The minimum atomic E-state index is -0.436. The topological polar surface area (TPSA) is 91.3 Å². The molecule has 8 heteroatoms. The van der Waals surface area contributed by atoms with Crippen LogP contribution < -0.4 is 16.3 Å². The third-order valence-electron chi connectivity index (χ3n) is 5.45. The highest BCUT2D eigenvalue weighted by Gasteiger charge is 2.18. The number of para-hydroxylation sites is 1. The first-order valence-electron chi connectivity index (χ1n) is 10.8. The smallest absolute Gasteiger partial charge is 0.326 e. The van der Waals surface area contributed by atoms with Crippen molar-refractivity contribution in [3.63, 3.8) is 0 Å². The number of halogens is 1. The Labute approximate surface area is 196 Å². The molecule has 1 amide bonds. The number of imidazole rings is 1. The molecule has 1 heterocycles. The molecule has 0 saturated carbocycles. The minimum Gasteiger partial charge on any atom is -0.326 e. The number of H-pyrrole nitrogens is 1. The second kappa shape index (κ2) is 8.97. The number of fused-ring (bicyclic) bond motifs is 1. The van der Waals surface area contributed by atoms with E-state index in [1.54, 1.807) is 25.2 Å². The number of benzene rings is 3. The first kappa shape index (κ1) is 23.0. The third kappa shape index (κ3) is 4.91. The summed E-state index contributed by atoms with van der Waals surface area (Å²) in [6.45, 7) is 6.27. The van der Waals surface area contributed by atoms with E-state index in [4.69, 9.17) is 4.99 Å². The number of nitrogens with zero attached hydrogens (tertiary/aromatic N) is 2. The van der Waals surface area contributed by atoms with Crippen LogP contribution in [0.25, 0.3) is 11.0 Å². The predicted molar refractivity (Wildman–Crippen MR) is 133 cm³/mol. The fraction of sp³-hybridized carbons (Fsp3) is 0.192. The van der Waals surface area contributed by atoms with E-state index >= 15 is 0 Å². The maximum absolute atomic E-state index is 13.3. The van der Waals surface area contributed by atoms with Crippen molar-refractivity contribution >= 4 is 34.3 Å². The van der Waals surface area contributed by atoms with E-state index in [0.29, 0.717) is 28.0 Å². The molecule has 0 unspecified atom stereocenters. The lowest BCUT2D eigenvalue weighted by Crippen LogP contribution is -2.36. The molecule has 0 aliphatic carbocycles. The zero-order valence-electron chi connectivity index (χ0n) is 19.4. The highest BCUT2D eigenvalue weighted by molar-refractivity contribution is 6.11. The number of nitrogens with one attached hydrogen (secondary N) is 3. The van der Waals surface area contributed by atoms with Gasteiger partial charge in [0.15, 0.2) is 0 Å². The number of guanidine groups is 1. The molecule has 34 heavy (non-hydrogen) atoms. The van der Waals surface area contributed by atoms with E-state index in [1.807, 2.05) is 24.3 Å². The summed E-state index contributed by atoms with van der Waals surface area (Å²) in [5.74, 6) is -0.659. The van der Waals surface area contributed by atoms with E-state index in [1.165, 1.54) is 28.8 Å². The molecule has 0 saturated heterocycles. The Bertz CT molecular complexity index is 1440. The van der Waals surface area contributed by atoms with Crippen molar-refractivity contribution < 1.29 is 9.18 Å². The SMILES string of the molecule is Cn1c(=O)[nH]c2ccc(NC(=Nc3ccccc3C(C)(C)C)NC(=O)c3ccc(F)cc3)cc21. The van der Waals surface area contributed by atoms with Crippen LogP contribution in [-0.4, -0.2) is 21.4 Å². The Morgan fingerprint density at radius 3 is 2.44 bits per heavy atom. The van der Waals surface area contributed by atoms with Gasteiger partial charge in [0.1, 0.15) is 5.82 Å².